The maximum absolute atomic E-state index is 6.02. The lowest BCUT2D eigenvalue weighted by Gasteiger charge is -2.19. The number of nitrogens with zero attached hydrogens (tertiary/aromatic N) is 1. The molecule has 5 heteroatoms. The molecule has 0 atom stereocenters. The van der Waals surface area contributed by atoms with E-state index in [0.29, 0.717) is 4.64 Å². The zero-order chi connectivity index (χ0) is 18.9. The van der Waals surface area contributed by atoms with Gasteiger partial charge >= 0.3 is 0 Å². The van der Waals surface area contributed by atoms with Crippen molar-refractivity contribution in [2.75, 3.05) is 0 Å². The average Bonchev–Trinajstić information content (AvgIpc) is 2.74. The third-order valence-corrected chi connectivity index (χ3v) is 6.10. The molecule has 0 saturated heterocycles. The van der Waals surface area contributed by atoms with Gasteiger partial charge in [0.1, 0.15) is 16.1 Å². The van der Waals surface area contributed by atoms with Gasteiger partial charge in [-0.3, -0.25) is 5.10 Å². The van der Waals surface area contributed by atoms with Crippen LogP contribution < -0.4 is 4.74 Å². The van der Waals surface area contributed by atoms with Crippen LogP contribution in [0.15, 0.2) is 88.7 Å². The molecule has 0 saturated carbocycles. The number of para-hydroxylation sites is 1. The molecule has 136 valence electrons. The van der Waals surface area contributed by atoms with E-state index in [4.69, 9.17) is 17.0 Å². The number of aromatic amines is 1. The fourth-order valence-corrected chi connectivity index (χ4v) is 4.39. The second kappa shape index (κ2) is 7.26. The summed E-state index contributed by atoms with van der Waals surface area (Å²) >= 11 is 7.18. The summed E-state index contributed by atoms with van der Waals surface area (Å²) in [6.07, 6.45) is 0.780. The third-order valence-electron chi connectivity index (χ3n) is 4.65. The molecule has 2 heterocycles. The zero-order valence-corrected chi connectivity index (χ0v) is 16.5. The van der Waals surface area contributed by atoms with Crippen LogP contribution in [0.1, 0.15) is 11.1 Å². The number of rotatable bonds is 3. The predicted molar refractivity (Wildman–Crippen MR) is 115 cm³/mol. The maximum atomic E-state index is 6.02. The topological polar surface area (TPSA) is 37.9 Å². The highest BCUT2D eigenvalue weighted by molar-refractivity contribution is 7.99. The van der Waals surface area contributed by atoms with E-state index < -0.39 is 0 Å². The first-order chi connectivity index (χ1) is 13.8. The van der Waals surface area contributed by atoms with Crippen LogP contribution in [0.2, 0.25) is 0 Å². The molecule has 28 heavy (non-hydrogen) atoms. The normalized spacial score (nSPS) is 12.0. The van der Waals surface area contributed by atoms with E-state index >= 15 is 0 Å². The fourth-order valence-electron chi connectivity index (χ4n) is 3.23. The number of H-pyrrole nitrogens is 1. The Labute approximate surface area is 172 Å². The van der Waals surface area contributed by atoms with Crippen molar-refractivity contribution >= 4 is 24.0 Å². The van der Waals surface area contributed by atoms with Gasteiger partial charge in [-0.25, -0.2) is 0 Å². The minimum Gasteiger partial charge on any atom is -0.455 e. The van der Waals surface area contributed by atoms with E-state index in [9.17, 15) is 0 Å². The molecule has 0 spiro atoms. The van der Waals surface area contributed by atoms with Crippen molar-refractivity contribution in [1.82, 2.24) is 10.2 Å². The van der Waals surface area contributed by atoms with E-state index in [-0.39, 0.29) is 0 Å². The summed E-state index contributed by atoms with van der Waals surface area (Å²) in [6.45, 7) is 0. The van der Waals surface area contributed by atoms with Gasteiger partial charge in [0, 0.05) is 12.0 Å². The summed E-state index contributed by atoms with van der Waals surface area (Å²) in [7, 11) is 0. The summed E-state index contributed by atoms with van der Waals surface area (Å²) in [6, 6.07) is 26.7. The number of hydrogen-bond acceptors (Lipinski definition) is 4. The molecule has 1 aliphatic rings. The number of ether oxygens (including phenoxy) is 1. The van der Waals surface area contributed by atoms with E-state index in [1.807, 2.05) is 48.5 Å². The molecule has 4 aromatic rings. The molecule has 0 aliphatic carbocycles. The first-order valence-corrected chi connectivity index (χ1v) is 10.2. The summed E-state index contributed by atoms with van der Waals surface area (Å²) in [5.41, 5.74) is 4.21. The van der Waals surface area contributed by atoms with Gasteiger partial charge in [-0.2, -0.15) is 5.10 Å². The standard InChI is InChI=1S/C23H16N2OS2/c27-23-17(12-15-6-2-1-3-7-15)13-18(24-25-23)16-10-11-20-22(14-16)28-21-9-5-4-8-19(21)26-20/h1-11,13-14H,12H2,(H,25,27). The summed E-state index contributed by atoms with van der Waals surface area (Å²) in [4.78, 5) is 2.21. The molecule has 1 aliphatic heterocycles. The van der Waals surface area contributed by atoms with Crippen molar-refractivity contribution in [2.24, 2.45) is 0 Å². The van der Waals surface area contributed by atoms with Crippen LogP contribution in [-0.2, 0) is 6.42 Å². The summed E-state index contributed by atoms with van der Waals surface area (Å²) < 4.78 is 6.70. The molecule has 0 radical (unpaired) electrons. The Morgan fingerprint density at radius 1 is 0.857 bits per heavy atom. The highest BCUT2D eigenvalue weighted by Gasteiger charge is 2.18. The van der Waals surface area contributed by atoms with Gasteiger partial charge in [0.15, 0.2) is 0 Å². The largest absolute Gasteiger partial charge is 0.455 e. The molecule has 3 nitrogen and oxygen atoms in total. The van der Waals surface area contributed by atoms with Crippen LogP contribution in [0.25, 0.3) is 11.3 Å². The van der Waals surface area contributed by atoms with Gasteiger partial charge in [-0.15, -0.1) is 0 Å². The maximum Gasteiger partial charge on any atom is 0.141 e. The lowest BCUT2D eigenvalue weighted by molar-refractivity contribution is 0.454. The van der Waals surface area contributed by atoms with Crippen molar-refractivity contribution < 1.29 is 4.74 Å². The van der Waals surface area contributed by atoms with Gasteiger partial charge in [-0.05, 0) is 47.5 Å². The van der Waals surface area contributed by atoms with Crippen LogP contribution in [0.3, 0.4) is 0 Å². The highest BCUT2D eigenvalue weighted by Crippen LogP contribution is 2.47. The fraction of sp³-hybridized carbons (Fsp3) is 0.0435. The van der Waals surface area contributed by atoms with Crippen LogP contribution in [0.4, 0.5) is 0 Å². The average molecular weight is 401 g/mol. The quantitative estimate of drug-likeness (QED) is 0.344. The highest BCUT2D eigenvalue weighted by atomic mass is 32.2. The first-order valence-electron chi connectivity index (χ1n) is 8.98. The van der Waals surface area contributed by atoms with Gasteiger partial charge in [-0.1, -0.05) is 66.4 Å². The van der Waals surface area contributed by atoms with Crippen molar-refractivity contribution in [2.45, 2.75) is 16.2 Å². The minimum atomic E-state index is 0.678. The number of nitrogens with one attached hydrogen (secondary N) is 1. The Hall–Kier alpha value is -2.89. The van der Waals surface area contributed by atoms with E-state index in [1.54, 1.807) is 11.8 Å². The van der Waals surface area contributed by atoms with Crippen LogP contribution >= 0.6 is 24.0 Å². The second-order valence-corrected chi connectivity index (χ2v) is 8.07. The number of hydrogen-bond donors (Lipinski definition) is 1. The molecule has 0 unspecified atom stereocenters. The van der Waals surface area contributed by atoms with E-state index in [2.05, 4.69) is 40.5 Å². The molecule has 0 amide bonds. The second-order valence-electron chi connectivity index (χ2n) is 6.58. The molecular formula is C23H16N2OS2. The Morgan fingerprint density at radius 3 is 2.54 bits per heavy atom. The van der Waals surface area contributed by atoms with E-state index in [1.165, 1.54) is 5.56 Å². The lowest BCUT2D eigenvalue weighted by Crippen LogP contribution is -1.98. The molecule has 0 bridgehead atoms. The van der Waals surface area contributed by atoms with Gasteiger partial charge in [0.2, 0.25) is 0 Å². The van der Waals surface area contributed by atoms with Crippen molar-refractivity contribution in [3.8, 4) is 22.8 Å². The van der Waals surface area contributed by atoms with Crippen LogP contribution in [0, 0.1) is 4.64 Å². The van der Waals surface area contributed by atoms with Gasteiger partial charge in [0.05, 0.1) is 15.5 Å². The Bertz CT molecular complexity index is 1220. The number of benzene rings is 3. The summed E-state index contributed by atoms with van der Waals surface area (Å²) in [5.74, 6) is 1.78. The first kappa shape index (κ1) is 17.2. The minimum absolute atomic E-state index is 0.678. The van der Waals surface area contributed by atoms with Crippen LogP contribution in [-0.4, -0.2) is 10.2 Å². The van der Waals surface area contributed by atoms with Crippen molar-refractivity contribution in [3.63, 3.8) is 0 Å². The summed E-state index contributed by atoms with van der Waals surface area (Å²) in [5, 5.41) is 7.47. The smallest absolute Gasteiger partial charge is 0.141 e. The van der Waals surface area contributed by atoms with E-state index in [0.717, 1.165) is 44.5 Å². The Balaban J connectivity index is 1.49. The number of aromatic nitrogens is 2. The SMILES string of the molecule is S=c1[nH]nc(-c2ccc3c(c2)Sc2ccccc2O3)cc1Cc1ccccc1. The molecule has 1 N–H and O–H groups in total. The van der Waals surface area contributed by atoms with Gasteiger partial charge in [0.25, 0.3) is 0 Å². The van der Waals surface area contributed by atoms with Crippen LogP contribution in [0.5, 0.6) is 11.5 Å². The molecule has 0 fully saturated rings. The predicted octanol–water partition coefficient (Wildman–Crippen LogP) is 6.65. The molecular weight excluding hydrogens is 384 g/mol. The monoisotopic (exact) mass is 400 g/mol. The van der Waals surface area contributed by atoms with Crippen molar-refractivity contribution in [3.05, 3.63) is 94.6 Å². The third kappa shape index (κ3) is 3.35. The Morgan fingerprint density at radius 2 is 1.64 bits per heavy atom. The number of fused-ring (bicyclic) bond motifs is 2. The lowest BCUT2D eigenvalue weighted by atomic mass is 10.0. The molecule has 1 aromatic heterocycles. The van der Waals surface area contributed by atoms with Gasteiger partial charge < -0.3 is 4.74 Å². The molecule has 3 aromatic carbocycles. The molecule has 5 rings (SSSR count). The Kier molecular flexibility index (Phi) is 4.47. The van der Waals surface area contributed by atoms with Crippen molar-refractivity contribution in [1.29, 1.82) is 0 Å². The zero-order valence-electron chi connectivity index (χ0n) is 14.9.